The molecule has 11 heteroatoms. The quantitative estimate of drug-likeness (QED) is 0.452. The van der Waals surface area contributed by atoms with Gasteiger partial charge in [-0.25, -0.2) is 9.37 Å². The van der Waals surface area contributed by atoms with Crippen LogP contribution in [0, 0.1) is 0 Å². The maximum atomic E-state index is 13.7. The highest BCUT2D eigenvalue weighted by molar-refractivity contribution is 7.22. The second kappa shape index (κ2) is 8.84. The lowest BCUT2D eigenvalue weighted by Gasteiger charge is -2.29. The molecule has 1 aliphatic heterocycles. The highest BCUT2D eigenvalue weighted by Gasteiger charge is 2.31. The van der Waals surface area contributed by atoms with Crippen LogP contribution in [0.5, 0.6) is 5.75 Å². The minimum atomic E-state index is -4.49. The Morgan fingerprint density at radius 2 is 2.09 bits per heavy atom. The molecule has 0 spiro atoms. The van der Waals surface area contributed by atoms with Gasteiger partial charge in [-0.3, -0.25) is 15.0 Å². The zero-order valence-corrected chi connectivity index (χ0v) is 18.1. The summed E-state index contributed by atoms with van der Waals surface area (Å²) >= 11 is 7.02. The van der Waals surface area contributed by atoms with Crippen LogP contribution >= 0.6 is 22.9 Å². The molecule has 3 aromatic rings. The number of nitrogens with one attached hydrogen (secondary N) is 1. The summed E-state index contributed by atoms with van der Waals surface area (Å²) in [7, 11) is 0. The van der Waals surface area contributed by atoms with Gasteiger partial charge in [-0.2, -0.15) is 13.2 Å². The number of aromatic hydroxyl groups is 1. The Bertz CT molecular complexity index is 1170. The number of piperidine rings is 1. The first-order valence-corrected chi connectivity index (χ1v) is 11.0. The standard InChI is InChI=1S/C21H18ClF4N3O2S/c22-13-6-11(9-29-5-1-2-14(23)10-29)18(30)15(8-13)19(31)28-20-27-16-4-3-12(21(24,25)26)7-17(16)32-20/h3-4,6-8,14,30H,1-2,5,9-10H2,(H,27,28,31). The third-order valence-corrected chi connectivity index (χ3v) is 6.33. The van der Waals surface area contributed by atoms with Crippen molar-refractivity contribution >= 4 is 44.2 Å². The molecule has 5 nitrogen and oxygen atoms in total. The lowest BCUT2D eigenvalue weighted by molar-refractivity contribution is -0.137. The maximum Gasteiger partial charge on any atom is 0.416 e. The Kier molecular flexibility index (Phi) is 6.28. The summed E-state index contributed by atoms with van der Waals surface area (Å²) in [5, 5.41) is 13.5. The molecule has 0 radical (unpaired) electrons. The second-order valence-corrected chi connectivity index (χ2v) is 9.06. The van der Waals surface area contributed by atoms with Gasteiger partial charge in [0.25, 0.3) is 5.91 Å². The number of benzene rings is 2. The van der Waals surface area contributed by atoms with Gasteiger partial charge in [-0.1, -0.05) is 22.9 Å². The van der Waals surface area contributed by atoms with E-state index in [9.17, 15) is 27.5 Å². The molecule has 2 N–H and O–H groups in total. The third kappa shape index (κ3) is 4.97. The molecule has 170 valence electrons. The molecule has 0 bridgehead atoms. The average molecular weight is 488 g/mol. The first-order chi connectivity index (χ1) is 15.1. The molecule has 1 amide bonds. The van der Waals surface area contributed by atoms with E-state index in [1.807, 2.05) is 4.90 Å². The fraction of sp³-hybridized carbons (Fsp3) is 0.333. The van der Waals surface area contributed by atoms with E-state index >= 15 is 0 Å². The van der Waals surface area contributed by atoms with Crippen LogP contribution < -0.4 is 5.32 Å². The lowest BCUT2D eigenvalue weighted by atomic mass is 10.0. The summed E-state index contributed by atoms with van der Waals surface area (Å²) in [6.45, 7) is 1.13. The highest BCUT2D eigenvalue weighted by atomic mass is 35.5. The van der Waals surface area contributed by atoms with Gasteiger partial charge in [0, 0.05) is 23.7 Å². The van der Waals surface area contributed by atoms with E-state index in [0.717, 1.165) is 23.5 Å². The number of hydrogen-bond donors (Lipinski definition) is 2. The Morgan fingerprint density at radius 3 is 2.81 bits per heavy atom. The van der Waals surface area contributed by atoms with Crippen LogP contribution in [0.25, 0.3) is 10.2 Å². The number of alkyl halides is 4. The monoisotopic (exact) mass is 487 g/mol. The summed E-state index contributed by atoms with van der Waals surface area (Å²) in [4.78, 5) is 18.7. The number of hydrogen-bond acceptors (Lipinski definition) is 5. The summed E-state index contributed by atoms with van der Waals surface area (Å²) in [5.41, 5.74) is -0.218. The SMILES string of the molecule is O=C(Nc1nc2ccc(C(F)(F)F)cc2s1)c1cc(Cl)cc(CN2CCCC(F)C2)c1O. The highest BCUT2D eigenvalue weighted by Crippen LogP contribution is 2.35. The number of thiazole rings is 1. The number of carbonyl (C=O) groups is 1. The second-order valence-electron chi connectivity index (χ2n) is 7.59. The van der Waals surface area contributed by atoms with Gasteiger partial charge >= 0.3 is 6.18 Å². The van der Waals surface area contributed by atoms with Gasteiger partial charge in [-0.05, 0) is 49.7 Å². The van der Waals surface area contributed by atoms with Crippen molar-refractivity contribution in [2.75, 3.05) is 18.4 Å². The summed E-state index contributed by atoms with van der Waals surface area (Å²) in [5.74, 6) is -0.989. The molecule has 1 aliphatic rings. The number of nitrogens with zero attached hydrogens (tertiary/aromatic N) is 2. The van der Waals surface area contributed by atoms with Crippen molar-refractivity contribution in [1.29, 1.82) is 0 Å². The predicted molar refractivity (Wildman–Crippen MR) is 115 cm³/mol. The van der Waals surface area contributed by atoms with Gasteiger partial charge in [0.05, 0.1) is 21.3 Å². The molecular weight excluding hydrogens is 470 g/mol. The number of phenolic OH excluding ortho intramolecular Hbond substituents is 1. The molecule has 1 unspecified atom stereocenters. The average Bonchev–Trinajstić information content (AvgIpc) is 3.11. The maximum absolute atomic E-state index is 13.7. The van der Waals surface area contributed by atoms with Crippen molar-refractivity contribution in [2.24, 2.45) is 0 Å². The van der Waals surface area contributed by atoms with Crippen molar-refractivity contribution < 1.29 is 27.5 Å². The van der Waals surface area contributed by atoms with E-state index in [4.69, 9.17) is 11.6 Å². The van der Waals surface area contributed by atoms with Gasteiger partial charge in [0.15, 0.2) is 5.13 Å². The van der Waals surface area contributed by atoms with E-state index in [1.165, 1.54) is 18.2 Å². The molecule has 4 rings (SSSR count). The summed E-state index contributed by atoms with van der Waals surface area (Å²) in [6, 6.07) is 5.93. The number of carbonyl (C=O) groups excluding carboxylic acids is 1. The van der Waals surface area contributed by atoms with E-state index in [1.54, 1.807) is 0 Å². The van der Waals surface area contributed by atoms with Crippen molar-refractivity contribution in [3.8, 4) is 5.75 Å². The Hall–Kier alpha value is -2.43. The van der Waals surface area contributed by atoms with E-state index in [2.05, 4.69) is 10.3 Å². The van der Waals surface area contributed by atoms with Crippen LogP contribution in [0.15, 0.2) is 30.3 Å². The first kappa shape index (κ1) is 22.8. The Morgan fingerprint density at radius 1 is 1.31 bits per heavy atom. The minimum Gasteiger partial charge on any atom is -0.507 e. The number of halogens is 5. The number of fused-ring (bicyclic) bond motifs is 1. The number of rotatable bonds is 4. The lowest BCUT2D eigenvalue weighted by Crippen LogP contribution is -2.35. The van der Waals surface area contributed by atoms with Crippen molar-refractivity contribution in [3.05, 3.63) is 52.0 Å². The Labute approximate surface area is 189 Å². The topological polar surface area (TPSA) is 65.5 Å². The van der Waals surface area contributed by atoms with Crippen LogP contribution in [0.1, 0.15) is 34.3 Å². The van der Waals surface area contributed by atoms with Crippen molar-refractivity contribution in [3.63, 3.8) is 0 Å². The number of phenols is 1. The van der Waals surface area contributed by atoms with Crippen molar-refractivity contribution in [2.45, 2.75) is 31.7 Å². The summed E-state index contributed by atoms with van der Waals surface area (Å²) < 4.78 is 52.7. The largest absolute Gasteiger partial charge is 0.507 e. The van der Waals surface area contributed by atoms with Gasteiger partial charge < -0.3 is 5.11 Å². The van der Waals surface area contributed by atoms with Crippen LogP contribution in [0.3, 0.4) is 0 Å². The molecule has 32 heavy (non-hydrogen) atoms. The van der Waals surface area contributed by atoms with Crippen LogP contribution in [0.2, 0.25) is 5.02 Å². The molecule has 2 aromatic carbocycles. The molecule has 1 fully saturated rings. The summed E-state index contributed by atoms with van der Waals surface area (Å²) in [6.07, 6.45) is -4.23. The first-order valence-electron chi connectivity index (χ1n) is 9.77. The van der Waals surface area contributed by atoms with Crippen LogP contribution in [-0.4, -0.2) is 40.2 Å². The number of aromatic nitrogens is 1. The number of likely N-dealkylation sites (tertiary alicyclic amines) is 1. The van der Waals surface area contributed by atoms with Gasteiger partial charge in [0.1, 0.15) is 11.9 Å². The fourth-order valence-electron chi connectivity index (χ4n) is 3.65. The van der Waals surface area contributed by atoms with E-state index < -0.39 is 23.8 Å². The van der Waals surface area contributed by atoms with Gasteiger partial charge in [0.2, 0.25) is 0 Å². The molecule has 0 saturated carbocycles. The van der Waals surface area contributed by atoms with Crippen LogP contribution in [0.4, 0.5) is 22.7 Å². The molecule has 2 heterocycles. The smallest absolute Gasteiger partial charge is 0.416 e. The molecule has 0 aliphatic carbocycles. The van der Waals surface area contributed by atoms with E-state index in [-0.39, 0.29) is 39.3 Å². The number of amides is 1. The molecule has 1 aromatic heterocycles. The normalized spacial score (nSPS) is 17.6. The minimum absolute atomic E-state index is 0.0848. The zero-order valence-electron chi connectivity index (χ0n) is 16.5. The molecular formula is C21H18ClF4N3O2S. The fourth-order valence-corrected chi connectivity index (χ4v) is 4.79. The molecule has 1 atom stereocenters. The third-order valence-electron chi connectivity index (χ3n) is 5.18. The predicted octanol–water partition coefficient (Wildman–Crippen LogP) is 5.86. The van der Waals surface area contributed by atoms with Gasteiger partial charge in [-0.15, -0.1) is 0 Å². The van der Waals surface area contributed by atoms with E-state index in [0.29, 0.717) is 30.5 Å². The zero-order chi connectivity index (χ0) is 23.0. The number of anilines is 1. The Balaban J connectivity index is 1.56. The van der Waals surface area contributed by atoms with Crippen molar-refractivity contribution in [1.82, 2.24) is 9.88 Å². The van der Waals surface area contributed by atoms with Crippen LogP contribution in [-0.2, 0) is 12.7 Å². The molecule has 1 saturated heterocycles.